The number of allylic oxidation sites excluding steroid dienone is 3. The summed E-state index contributed by atoms with van der Waals surface area (Å²) in [6.07, 6.45) is 5.86. The predicted molar refractivity (Wildman–Crippen MR) is 79.4 cm³/mol. The van der Waals surface area contributed by atoms with E-state index in [1.54, 1.807) is 0 Å². The molecule has 0 aliphatic heterocycles. The van der Waals surface area contributed by atoms with E-state index in [-0.39, 0.29) is 17.3 Å². The fourth-order valence-electron chi connectivity index (χ4n) is 4.19. The number of methoxy groups -OCH3 is 2. The van der Waals surface area contributed by atoms with Crippen molar-refractivity contribution < 1.29 is 19.1 Å². The smallest absolute Gasteiger partial charge is 0.323 e. The molecule has 4 nitrogen and oxygen atoms in total. The minimum atomic E-state index is -1.17. The molecule has 1 saturated carbocycles. The lowest BCUT2D eigenvalue weighted by atomic mass is 9.56. The Morgan fingerprint density at radius 1 is 1.29 bits per heavy atom. The van der Waals surface area contributed by atoms with Crippen molar-refractivity contribution >= 4 is 11.9 Å². The Hall–Kier alpha value is -1.58. The molecule has 0 amide bonds. The van der Waals surface area contributed by atoms with Crippen molar-refractivity contribution in [2.45, 2.75) is 33.1 Å². The summed E-state index contributed by atoms with van der Waals surface area (Å²) in [5.74, 6) is -0.499. The van der Waals surface area contributed by atoms with E-state index in [9.17, 15) is 9.59 Å². The number of hydrogen-bond donors (Lipinski definition) is 0. The molecule has 0 bridgehead atoms. The van der Waals surface area contributed by atoms with E-state index >= 15 is 0 Å². The minimum absolute atomic E-state index is 0.0252. The first-order valence-electron chi connectivity index (χ1n) is 7.33. The second kappa shape index (κ2) is 5.32. The van der Waals surface area contributed by atoms with Crippen molar-refractivity contribution in [1.82, 2.24) is 0 Å². The van der Waals surface area contributed by atoms with Gasteiger partial charge in [0.05, 0.1) is 14.2 Å². The number of esters is 2. The molecule has 3 unspecified atom stereocenters. The number of carbonyl (C=O) groups excluding carboxylic acids is 2. The Morgan fingerprint density at radius 3 is 2.33 bits per heavy atom. The lowest BCUT2D eigenvalue weighted by molar-refractivity contribution is -0.175. The summed E-state index contributed by atoms with van der Waals surface area (Å²) in [5.41, 5.74) is 0.0789. The predicted octanol–water partition coefficient (Wildman–Crippen LogP) is 2.89. The van der Waals surface area contributed by atoms with Gasteiger partial charge in [0.2, 0.25) is 0 Å². The Labute approximate surface area is 126 Å². The molecule has 116 valence electrons. The van der Waals surface area contributed by atoms with Gasteiger partial charge < -0.3 is 9.47 Å². The number of ether oxygens (including phenoxy) is 2. The summed E-state index contributed by atoms with van der Waals surface area (Å²) >= 11 is 0. The standard InChI is InChI=1S/C17H24O4/c1-6-12-9-11(2)13-10-17(14(18)20-4,15(19)21-5)8-7-16(12,13)3/h6,9,12-13H,1,7-8,10H2,2-5H3. The zero-order valence-electron chi connectivity index (χ0n) is 13.3. The van der Waals surface area contributed by atoms with Gasteiger partial charge in [-0.05, 0) is 37.5 Å². The number of carbonyl (C=O) groups is 2. The molecule has 0 aromatic carbocycles. The van der Waals surface area contributed by atoms with Gasteiger partial charge in [0, 0.05) is 5.92 Å². The lowest BCUT2D eigenvalue weighted by Crippen LogP contribution is -2.50. The maximum Gasteiger partial charge on any atom is 0.323 e. The van der Waals surface area contributed by atoms with Crippen LogP contribution in [-0.2, 0) is 19.1 Å². The molecule has 0 N–H and O–H groups in total. The van der Waals surface area contributed by atoms with Crippen LogP contribution in [0, 0.1) is 22.7 Å². The molecule has 21 heavy (non-hydrogen) atoms. The molecule has 2 aliphatic carbocycles. The van der Waals surface area contributed by atoms with Crippen LogP contribution in [0.3, 0.4) is 0 Å². The Morgan fingerprint density at radius 2 is 1.86 bits per heavy atom. The second-order valence-electron chi connectivity index (χ2n) is 6.50. The topological polar surface area (TPSA) is 52.6 Å². The SMILES string of the molecule is C=CC1C=C(C)C2CC(C(=O)OC)(C(=O)OC)CCC12C. The molecule has 0 aromatic heterocycles. The van der Waals surface area contributed by atoms with E-state index in [2.05, 4.69) is 26.5 Å². The van der Waals surface area contributed by atoms with Gasteiger partial charge in [-0.1, -0.05) is 24.6 Å². The fourth-order valence-corrected chi connectivity index (χ4v) is 4.19. The van der Waals surface area contributed by atoms with Crippen LogP contribution in [0.5, 0.6) is 0 Å². The monoisotopic (exact) mass is 292 g/mol. The first-order chi connectivity index (χ1) is 9.85. The largest absolute Gasteiger partial charge is 0.468 e. The van der Waals surface area contributed by atoms with Gasteiger partial charge in [-0.25, -0.2) is 0 Å². The summed E-state index contributed by atoms with van der Waals surface area (Å²) < 4.78 is 9.81. The van der Waals surface area contributed by atoms with E-state index in [4.69, 9.17) is 9.47 Å². The molecule has 2 aliphatic rings. The highest BCUT2D eigenvalue weighted by Gasteiger charge is 2.59. The van der Waals surface area contributed by atoms with Crippen molar-refractivity contribution in [3.05, 3.63) is 24.3 Å². The lowest BCUT2D eigenvalue weighted by Gasteiger charge is -2.47. The Kier molecular flexibility index (Phi) is 4.00. The van der Waals surface area contributed by atoms with Crippen molar-refractivity contribution in [2.75, 3.05) is 14.2 Å². The molecule has 3 atom stereocenters. The van der Waals surface area contributed by atoms with E-state index in [1.165, 1.54) is 19.8 Å². The maximum absolute atomic E-state index is 12.3. The number of rotatable bonds is 3. The van der Waals surface area contributed by atoms with Gasteiger partial charge in [-0.3, -0.25) is 9.59 Å². The third kappa shape index (κ3) is 2.12. The summed E-state index contributed by atoms with van der Waals surface area (Å²) in [7, 11) is 2.65. The van der Waals surface area contributed by atoms with E-state index in [0.29, 0.717) is 12.8 Å². The highest BCUT2D eigenvalue weighted by atomic mass is 16.5. The normalized spacial score (nSPS) is 33.6. The average molecular weight is 292 g/mol. The zero-order chi connectivity index (χ0) is 15.8. The molecular formula is C17H24O4. The minimum Gasteiger partial charge on any atom is -0.468 e. The van der Waals surface area contributed by atoms with E-state index in [1.807, 2.05) is 6.08 Å². The molecule has 4 heteroatoms. The first-order valence-corrected chi connectivity index (χ1v) is 7.33. The molecule has 0 radical (unpaired) electrons. The van der Waals surface area contributed by atoms with Gasteiger partial charge in [-0.15, -0.1) is 6.58 Å². The van der Waals surface area contributed by atoms with Gasteiger partial charge >= 0.3 is 11.9 Å². The quantitative estimate of drug-likeness (QED) is 0.456. The van der Waals surface area contributed by atoms with Crippen molar-refractivity contribution in [3.8, 4) is 0 Å². The van der Waals surface area contributed by atoms with Crippen molar-refractivity contribution in [1.29, 1.82) is 0 Å². The van der Waals surface area contributed by atoms with Crippen molar-refractivity contribution in [3.63, 3.8) is 0 Å². The summed E-state index contributed by atoms with van der Waals surface area (Å²) in [4.78, 5) is 24.6. The van der Waals surface area contributed by atoms with Crippen LogP contribution in [0.4, 0.5) is 0 Å². The number of hydrogen-bond acceptors (Lipinski definition) is 4. The fraction of sp³-hybridized carbons (Fsp3) is 0.647. The van der Waals surface area contributed by atoms with E-state index in [0.717, 1.165) is 6.42 Å². The summed E-state index contributed by atoms with van der Waals surface area (Å²) in [5, 5.41) is 0. The molecule has 1 fully saturated rings. The zero-order valence-corrected chi connectivity index (χ0v) is 13.3. The van der Waals surface area contributed by atoms with E-state index < -0.39 is 17.4 Å². The molecule has 0 saturated heterocycles. The second-order valence-corrected chi connectivity index (χ2v) is 6.50. The van der Waals surface area contributed by atoms with Crippen LogP contribution in [0.25, 0.3) is 0 Å². The highest BCUT2D eigenvalue weighted by molar-refractivity contribution is 6.00. The maximum atomic E-state index is 12.3. The van der Waals surface area contributed by atoms with Crippen LogP contribution < -0.4 is 0 Å². The molecule has 2 rings (SSSR count). The third-order valence-electron chi connectivity index (χ3n) is 5.60. The van der Waals surface area contributed by atoms with Crippen LogP contribution in [0.2, 0.25) is 0 Å². The molecule has 0 heterocycles. The van der Waals surface area contributed by atoms with Gasteiger partial charge in [0.25, 0.3) is 0 Å². The van der Waals surface area contributed by atoms with Gasteiger partial charge in [-0.2, -0.15) is 0 Å². The molecule has 0 spiro atoms. The average Bonchev–Trinajstić information content (AvgIpc) is 2.75. The summed E-state index contributed by atoms with van der Waals surface area (Å²) in [6.45, 7) is 8.21. The van der Waals surface area contributed by atoms with Crippen LogP contribution in [-0.4, -0.2) is 26.2 Å². The van der Waals surface area contributed by atoms with Crippen LogP contribution in [0.15, 0.2) is 24.3 Å². The molecule has 0 aromatic rings. The Balaban J connectivity index is 2.40. The third-order valence-corrected chi connectivity index (χ3v) is 5.60. The van der Waals surface area contributed by atoms with Gasteiger partial charge in [0.1, 0.15) is 0 Å². The van der Waals surface area contributed by atoms with Crippen LogP contribution >= 0.6 is 0 Å². The van der Waals surface area contributed by atoms with Crippen LogP contribution in [0.1, 0.15) is 33.1 Å². The highest BCUT2D eigenvalue weighted by Crippen LogP contribution is 2.59. The summed E-state index contributed by atoms with van der Waals surface area (Å²) in [6, 6.07) is 0. The number of fused-ring (bicyclic) bond motifs is 1. The van der Waals surface area contributed by atoms with Crippen molar-refractivity contribution in [2.24, 2.45) is 22.7 Å². The van der Waals surface area contributed by atoms with Gasteiger partial charge in [0.15, 0.2) is 5.41 Å². The Bertz CT molecular complexity index is 489. The molecular weight excluding hydrogens is 268 g/mol. The first kappa shape index (κ1) is 15.8.